The number of fused-ring (bicyclic) bond motifs is 1. The van der Waals surface area contributed by atoms with Gasteiger partial charge in [0.05, 0.1) is 24.0 Å². The highest BCUT2D eigenvalue weighted by atomic mass is 15.3. The van der Waals surface area contributed by atoms with Crippen molar-refractivity contribution in [3.05, 3.63) is 71.7 Å². The average molecular weight is 355 g/mol. The highest BCUT2D eigenvalue weighted by Gasteiger charge is 2.16. The molecule has 3 aromatic heterocycles. The summed E-state index contributed by atoms with van der Waals surface area (Å²) in [4.78, 5) is 13.3. The molecule has 27 heavy (non-hydrogen) atoms. The second kappa shape index (κ2) is 6.84. The third kappa shape index (κ3) is 3.09. The normalized spacial score (nSPS) is 11.9. The Morgan fingerprint density at radius 1 is 1.11 bits per heavy atom. The van der Waals surface area contributed by atoms with Gasteiger partial charge in [0.15, 0.2) is 5.65 Å². The first-order valence-electron chi connectivity index (χ1n) is 8.55. The number of hydrogen-bond acceptors (Lipinski definition) is 6. The Bertz CT molecular complexity index is 1140. The van der Waals surface area contributed by atoms with Crippen LogP contribution < -0.4 is 5.32 Å². The van der Waals surface area contributed by atoms with E-state index in [1.165, 1.54) is 6.20 Å². The Kier molecular flexibility index (Phi) is 4.22. The number of imidazole rings is 1. The molecule has 0 unspecified atom stereocenters. The van der Waals surface area contributed by atoms with Crippen LogP contribution >= 0.6 is 0 Å². The summed E-state index contributed by atoms with van der Waals surface area (Å²) in [5, 5.41) is 17.1. The van der Waals surface area contributed by atoms with E-state index in [4.69, 9.17) is 0 Å². The van der Waals surface area contributed by atoms with Crippen LogP contribution in [0, 0.1) is 18.3 Å². The molecule has 4 rings (SSSR count). The summed E-state index contributed by atoms with van der Waals surface area (Å²) in [5.41, 5.74) is 4.39. The van der Waals surface area contributed by atoms with E-state index in [2.05, 4.69) is 31.4 Å². The highest BCUT2D eigenvalue weighted by Crippen LogP contribution is 2.24. The lowest BCUT2D eigenvalue weighted by Gasteiger charge is -2.15. The first-order valence-corrected chi connectivity index (χ1v) is 8.55. The zero-order valence-electron chi connectivity index (χ0n) is 15.0. The SMILES string of the molecule is Cc1ccnn2c(-c3nc(N[C@@H](C)c4ccccc4)ncc3C#N)cnc12. The van der Waals surface area contributed by atoms with Gasteiger partial charge in [0.2, 0.25) is 5.95 Å². The monoisotopic (exact) mass is 355 g/mol. The van der Waals surface area contributed by atoms with E-state index in [1.807, 2.05) is 50.2 Å². The van der Waals surface area contributed by atoms with Crippen molar-refractivity contribution in [3.8, 4) is 17.5 Å². The molecule has 0 spiro atoms. The van der Waals surface area contributed by atoms with E-state index in [0.717, 1.165) is 16.8 Å². The fraction of sp³-hybridized carbons (Fsp3) is 0.150. The second-order valence-electron chi connectivity index (χ2n) is 6.24. The molecule has 0 fully saturated rings. The van der Waals surface area contributed by atoms with Crippen molar-refractivity contribution in [2.75, 3.05) is 5.32 Å². The Morgan fingerprint density at radius 2 is 1.93 bits per heavy atom. The Hall–Kier alpha value is -3.79. The van der Waals surface area contributed by atoms with Gasteiger partial charge < -0.3 is 5.32 Å². The van der Waals surface area contributed by atoms with Crippen LogP contribution in [0.4, 0.5) is 5.95 Å². The molecule has 4 aromatic rings. The topological polar surface area (TPSA) is 91.8 Å². The Balaban J connectivity index is 1.75. The number of aryl methyl sites for hydroxylation is 1. The van der Waals surface area contributed by atoms with E-state index < -0.39 is 0 Å². The van der Waals surface area contributed by atoms with Crippen molar-refractivity contribution in [3.63, 3.8) is 0 Å². The Labute approximate surface area is 156 Å². The van der Waals surface area contributed by atoms with E-state index in [-0.39, 0.29) is 6.04 Å². The van der Waals surface area contributed by atoms with Crippen LogP contribution in [-0.4, -0.2) is 24.6 Å². The van der Waals surface area contributed by atoms with Gasteiger partial charge in [-0.2, -0.15) is 10.4 Å². The van der Waals surface area contributed by atoms with Gasteiger partial charge in [-0.3, -0.25) is 0 Å². The molecule has 0 aliphatic heterocycles. The minimum absolute atomic E-state index is 0.0227. The molecule has 0 aliphatic rings. The van der Waals surface area contributed by atoms with Crippen LogP contribution in [0.25, 0.3) is 17.0 Å². The van der Waals surface area contributed by atoms with Gasteiger partial charge in [-0.1, -0.05) is 30.3 Å². The van der Waals surface area contributed by atoms with Crippen molar-refractivity contribution in [1.29, 1.82) is 5.26 Å². The van der Waals surface area contributed by atoms with Crippen molar-refractivity contribution < 1.29 is 0 Å². The summed E-state index contributed by atoms with van der Waals surface area (Å²) in [6.07, 6.45) is 4.91. The van der Waals surface area contributed by atoms with E-state index in [0.29, 0.717) is 22.9 Å². The molecule has 0 radical (unpaired) electrons. The van der Waals surface area contributed by atoms with E-state index >= 15 is 0 Å². The van der Waals surface area contributed by atoms with Gasteiger partial charge >= 0.3 is 0 Å². The van der Waals surface area contributed by atoms with Gasteiger partial charge in [0, 0.05) is 6.20 Å². The maximum absolute atomic E-state index is 9.49. The quantitative estimate of drug-likeness (QED) is 0.602. The third-order valence-corrected chi connectivity index (χ3v) is 4.39. The molecule has 3 heterocycles. The lowest BCUT2D eigenvalue weighted by Crippen LogP contribution is -2.10. The van der Waals surface area contributed by atoms with Crippen LogP contribution in [0.1, 0.15) is 29.7 Å². The molecule has 7 nitrogen and oxygen atoms in total. The largest absolute Gasteiger partial charge is 0.348 e. The zero-order valence-corrected chi connectivity index (χ0v) is 15.0. The number of hydrogen-bond donors (Lipinski definition) is 1. The van der Waals surface area contributed by atoms with E-state index in [9.17, 15) is 5.26 Å². The Morgan fingerprint density at radius 3 is 2.70 bits per heavy atom. The summed E-state index contributed by atoms with van der Waals surface area (Å²) < 4.78 is 1.70. The maximum atomic E-state index is 9.49. The number of nitrogens with zero attached hydrogens (tertiary/aromatic N) is 6. The molecule has 132 valence electrons. The molecule has 0 saturated carbocycles. The van der Waals surface area contributed by atoms with Gasteiger partial charge in [-0.15, -0.1) is 0 Å². The number of aromatic nitrogens is 5. The molecule has 1 aromatic carbocycles. The molecular weight excluding hydrogens is 338 g/mol. The number of rotatable bonds is 4. The fourth-order valence-corrected chi connectivity index (χ4v) is 2.93. The first-order chi connectivity index (χ1) is 13.2. The van der Waals surface area contributed by atoms with Crippen molar-refractivity contribution in [2.24, 2.45) is 0 Å². The predicted octanol–water partition coefficient (Wildman–Crippen LogP) is 3.54. The lowest BCUT2D eigenvalue weighted by atomic mass is 10.1. The van der Waals surface area contributed by atoms with Crippen LogP contribution in [0.3, 0.4) is 0 Å². The zero-order chi connectivity index (χ0) is 18.8. The summed E-state index contributed by atoms with van der Waals surface area (Å²) in [5.74, 6) is 0.447. The average Bonchev–Trinajstić information content (AvgIpc) is 3.14. The van der Waals surface area contributed by atoms with Crippen molar-refractivity contribution in [2.45, 2.75) is 19.9 Å². The molecule has 1 N–H and O–H groups in total. The van der Waals surface area contributed by atoms with Gasteiger partial charge in [0.25, 0.3) is 0 Å². The maximum Gasteiger partial charge on any atom is 0.223 e. The molecule has 0 bridgehead atoms. The molecule has 7 heteroatoms. The smallest absolute Gasteiger partial charge is 0.223 e. The lowest BCUT2D eigenvalue weighted by molar-refractivity contribution is 0.858. The number of anilines is 1. The minimum Gasteiger partial charge on any atom is -0.348 e. The number of nitriles is 1. The van der Waals surface area contributed by atoms with E-state index in [1.54, 1.807) is 16.9 Å². The second-order valence-corrected chi connectivity index (χ2v) is 6.24. The minimum atomic E-state index is 0.0227. The highest BCUT2D eigenvalue weighted by molar-refractivity contribution is 5.67. The van der Waals surface area contributed by atoms with Crippen LogP contribution in [-0.2, 0) is 0 Å². The summed E-state index contributed by atoms with van der Waals surface area (Å²) in [6, 6.07) is 14.1. The summed E-state index contributed by atoms with van der Waals surface area (Å²) >= 11 is 0. The molecule has 1 atom stereocenters. The number of nitrogens with one attached hydrogen (secondary N) is 1. The van der Waals surface area contributed by atoms with Crippen molar-refractivity contribution >= 4 is 11.6 Å². The van der Waals surface area contributed by atoms with Gasteiger partial charge in [-0.25, -0.2) is 19.5 Å². The van der Waals surface area contributed by atoms with Gasteiger partial charge in [0.1, 0.15) is 17.5 Å². The third-order valence-electron chi connectivity index (χ3n) is 4.39. The number of benzene rings is 1. The first kappa shape index (κ1) is 16.7. The predicted molar refractivity (Wildman–Crippen MR) is 102 cm³/mol. The molecular formula is C20H17N7. The molecule has 0 saturated heterocycles. The van der Waals surface area contributed by atoms with Crippen LogP contribution in [0.2, 0.25) is 0 Å². The molecule has 0 amide bonds. The summed E-state index contributed by atoms with van der Waals surface area (Å²) in [7, 11) is 0. The molecule has 0 aliphatic carbocycles. The van der Waals surface area contributed by atoms with Crippen LogP contribution in [0.15, 0.2) is 55.0 Å². The van der Waals surface area contributed by atoms with Crippen LogP contribution in [0.5, 0.6) is 0 Å². The van der Waals surface area contributed by atoms with Crippen molar-refractivity contribution in [1.82, 2.24) is 24.6 Å². The fourth-order valence-electron chi connectivity index (χ4n) is 2.93. The standard InChI is InChI=1S/C20H17N7/c1-13-8-9-24-27-17(12-22-19(13)27)18-16(10-21)11-23-20(26-18)25-14(2)15-6-4-3-5-7-15/h3-9,11-12,14H,1-2H3,(H,23,25,26)/t14-/m0/s1. The van der Waals surface area contributed by atoms with Gasteiger partial charge in [-0.05, 0) is 31.0 Å². The summed E-state index contributed by atoms with van der Waals surface area (Å²) in [6.45, 7) is 4.00.